The van der Waals surface area contributed by atoms with Crippen molar-refractivity contribution in [2.45, 2.75) is 6.61 Å². The zero-order valence-electron chi connectivity index (χ0n) is 10.3. The summed E-state index contributed by atoms with van der Waals surface area (Å²) in [5.74, 6) is 1.65. The molecule has 0 heterocycles. The number of para-hydroxylation sites is 1. The Morgan fingerprint density at radius 1 is 0.833 bits per heavy atom. The van der Waals surface area contributed by atoms with Crippen LogP contribution in [0.5, 0.6) is 11.5 Å². The van der Waals surface area contributed by atoms with Crippen molar-refractivity contribution in [2.75, 3.05) is 13.9 Å². The SMILES string of the molecule is COCOCc1ccc(Oc2ccccc2)cc1. The first kappa shape index (κ1) is 12.6. The number of methoxy groups -OCH3 is 1. The summed E-state index contributed by atoms with van der Waals surface area (Å²) in [6.45, 7) is 0.849. The second-order valence-electron chi connectivity index (χ2n) is 3.81. The van der Waals surface area contributed by atoms with E-state index in [0.29, 0.717) is 13.4 Å². The zero-order valence-corrected chi connectivity index (χ0v) is 10.3. The van der Waals surface area contributed by atoms with Crippen molar-refractivity contribution in [3.05, 3.63) is 60.2 Å². The number of hydrogen-bond donors (Lipinski definition) is 0. The van der Waals surface area contributed by atoms with Gasteiger partial charge in [-0.2, -0.15) is 0 Å². The summed E-state index contributed by atoms with van der Waals surface area (Å²) in [5.41, 5.74) is 1.09. The second-order valence-corrected chi connectivity index (χ2v) is 3.81. The van der Waals surface area contributed by atoms with Crippen LogP contribution >= 0.6 is 0 Å². The molecule has 0 saturated carbocycles. The number of ether oxygens (including phenoxy) is 3. The summed E-state index contributed by atoms with van der Waals surface area (Å²) in [5, 5.41) is 0. The Morgan fingerprint density at radius 2 is 1.50 bits per heavy atom. The summed E-state index contributed by atoms with van der Waals surface area (Å²) in [7, 11) is 1.61. The van der Waals surface area contributed by atoms with Gasteiger partial charge in [0.2, 0.25) is 0 Å². The number of benzene rings is 2. The highest BCUT2D eigenvalue weighted by atomic mass is 16.7. The quantitative estimate of drug-likeness (QED) is 0.574. The fourth-order valence-electron chi connectivity index (χ4n) is 1.52. The molecule has 0 spiro atoms. The molecule has 2 aromatic rings. The van der Waals surface area contributed by atoms with E-state index in [1.165, 1.54) is 0 Å². The van der Waals surface area contributed by atoms with E-state index in [1.807, 2.05) is 54.6 Å². The minimum atomic E-state index is 0.308. The van der Waals surface area contributed by atoms with E-state index in [9.17, 15) is 0 Å². The van der Waals surface area contributed by atoms with E-state index in [0.717, 1.165) is 17.1 Å². The van der Waals surface area contributed by atoms with E-state index >= 15 is 0 Å². The molecule has 0 saturated heterocycles. The van der Waals surface area contributed by atoms with Gasteiger partial charge in [-0.25, -0.2) is 0 Å². The van der Waals surface area contributed by atoms with Gasteiger partial charge in [0.05, 0.1) is 6.61 Å². The molecule has 0 atom stereocenters. The van der Waals surface area contributed by atoms with Gasteiger partial charge < -0.3 is 14.2 Å². The molecule has 3 nitrogen and oxygen atoms in total. The Morgan fingerprint density at radius 3 is 2.17 bits per heavy atom. The van der Waals surface area contributed by atoms with Crippen molar-refractivity contribution in [2.24, 2.45) is 0 Å². The summed E-state index contributed by atoms with van der Waals surface area (Å²) in [4.78, 5) is 0. The molecule has 2 rings (SSSR count). The second kappa shape index (κ2) is 6.79. The van der Waals surface area contributed by atoms with Crippen LogP contribution in [0.3, 0.4) is 0 Å². The molecule has 18 heavy (non-hydrogen) atoms. The molecule has 0 bridgehead atoms. The first-order chi connectivity index (χ1) is 8.88. The van der Waals surface area contributed by atoms with Crippen molar-refractivity contribution in [1.29, 1.82) is 0 Å². The third-order valence-corrected chi connectivity index (χ3v) is 2.37. The molecule has 0 aliphatic rings. The highest BCUT2D eigenvalue weighted by Crippen LogP contribution is 2.21. The summed E-state index contributed by atoms with van der Waals surface area (Å²) in [6.07, 6.45) is 0. The molecule has 0 N–H and O–H groups in total. The molecule has 3 heteroatoms. The largest absolute Gasteiger partial charge is 0.457 e. The van der Waals surface area contributed by atoms with Crippen molar-refractivity contribution >= 4 is 0 Å². The topological polar surface area (TPSA) is 27.7 Å². The molecule has 0 radical (unpaired) electrons. The lowest BCUT2D eigenvalue weighted by Gasteiger charge is -2.07. The van der Waals surface area contributed by atoms with Crippen LogP contribution in [0, 0.1) is 0 Å². The van der Waals surface area contributed by atoms with Gasteiger partial charge in [-0.1, -0.05) is 30.3 Å². The van der Waals surface area contributed by atoms with Crippen LogP contribution in [0.15, 0.2) is 54.6 Å². The average Bonchev–Trinajstić information content (AvgIpc) is 2.42. The van der Waals surface area contributed by atoms with E-state index in [-0.39, 0.29) is 0 Å². The standard InChI is InChI=1S/C15H16O3/c1-16-12-17-11-13-7-9-15(10-8-13)18-14-5-3-2-4-6-14/h2-10H,11-12H2,1H3. The van der Waals surface area contributed by atoms with Crippen molar-refractivity contribution in [1.82, 2.24) is 0 Å². The lowest BCUT2D eigenvalue weighted by molar-refractivity contribution is -0.0390. The molecule has 0 unspecified atom stereocenters. The van der Waals surface area contributed by atoms with Crippen LogP contribution in [-0.2, 0) is 16.1 Å². The Balaban J connectivity index is 1.91. The molecule has 0 aromatic heterocycles. The van der Waals surface area contributed by atoms with E-state index in [4.69, 9.17) is 14.2 Å². The summed E-state index contributed by atoms with van der Waals surface area (Å²) in [6, 6.07) is 17.5. The van der Waals surface area contributed by atoms with Crippen molar-refractivity contribution in [3.63, 3.8) is 0 Å². The van der Waals surface area contributed by atoms with Crippen LogP contribution in [0.2, 0.25) is 0 Å². The lowest BCUT2D eigenvalue weighted by atomic mass is 10.2. The highest BCUT2D eigenvalue weighted by Gasteiger charge is 1.97. The summed E-state index contributed by atoms with van der Waals surface area (Å²) < 4.78 is 15.8. The van der Waals surface area contributed by atoms with Gasteiger partial charge in [0.25, 0.3) is 0 Å². The fraction of sp³-hybridized carbons (Fsp3) is 0.200. The monoisotopic (exact) mass is 244 g/mol. The maximum Gasteiger partial charge on any atom is 0.146 e. The first-order valence-corrected chi connectivity index (χ1v) is 5.77. The van der Waals surface area contributed by atoms with Crippen LogP contribution in [0.1, 0.15) is 5.56 Å². The van der Waals surface area contributed by atoms with E-state index < -0.39 is 0 Å². The minimum absolute atomic E-state index is 0.308. The lowest BCUT2D eigenvalue weighted by Crippen LogP contribution is -1.96. The smallest absolute Gasteiger partial charge is 0.146 e. The maximum atomic E-state index is 5.69. The minimum Gasteiger partial charge on any atom is -0.457 e. The van der Waals surface area contributed by atoms with Crippen LogP contribution in [-0.4, -0.2) is 13.9 Å². The molecule has 0 aliphatic heterocycles. The summed E-state index contributed by atoms with van der Waals surface area (Å²) >= 11 is 0. The van der Waals surface area contributed by atoms with Crippen molar-refractivity contribution < 1.29 is 14.2 Å². The normalized spacial score (nSPS) is 10.3. The van der Waals surface area contributed by atoms with Gasteiger partial charge in [0.1, 0.15) is 18.3 Å². The van der Waals surface area contributed by atoms with Gasteiger partial charge in [-0.15, -0.1) is 0 Å². The molecule has 94 valence electrons. The predicted molar refractivity (Wildman–Crippen MR) is 69.6 cm³/mol. The van der Waals surface area contributed by atoms with Gasteiger partial charge >= 0.3 is 0 Å². The average molecular weight is 244 g/mol. The maximum absolute atomic E-state index is 5.69. The van der Waals surface area contributed by atoms with Crippen LogP contribution in [0.25, 0.3) is 0 Å². The fourth-order valence-corrected chi connectivity index (χ4v) is 1.52. The van der Waals surface area contributed by atoms with Crippen LogP contribution < -0.4 is 4.74 Å². The molecule has 2 aromatic carbocycles. The van der Waals surface area contributed by atoms with Crippen molar-refractivity contribution in [3.8, 4) is 11.5 Å². The Bertz CT molecular complexity index is 451. The zero-order chi connectivity index (χ0) is 12.6. The molecule has 0 fully saturated rings. The van der Waals surface area contributed by atoms with Crippen LogP contribution in [0.4, 0.5) is 0 Å². The predicted octanol–water partition coefficient (Wildman–Crippen LogP) is 3.60. The first-order valence-electron chi connectivity index (χ1n) is 5.77. The Hall–Kier alpha value is -1.84. The highest BCUT2D eigenvalue weighted by molar-refractivity contribution is 5.32. The number of hydrogen-bond acceptors (Lipinski definition) is 3. The molecule has 0 aliphatic carbocycles. The molecular formula is C15H16O3. The van der Waals surface area contributed by atoms with E-state index in [2.05, 4.69) is 0 Å². The molecule has 0 amide bonds. The molecular weight excluding hydrogens is 228 g/mol. The van der Waals surface area contributed by atoms with E-state index in [1.54, 1.807) is 7.11 Å². The number of rotatable bonds is 6. The third kappa shape index (κ3) is 3.87. The van der Waals surface area contributed by atoms with Gasteiger partial charge in [-0.3, -0.25) is 0 Å². The Labute approximate surface area is 107 Å². The third-order valence-electron chi connectivity index (χ3n) is 2.37. The van der Waals surface area contributed by atoms with Gasteiger partial charge in [-0.05, 0) is 29.8 Å². The van der Waals surface area contributed by atoms with Gasteiger partial charge in [0, 0.05) is 7.11 Å². The van der Waals surface area contributed by atoms with Gasteiger partial charge in [0.15, 0.2) is 0 Å². The Kier molecular flexibility index (Phi) is 4.76.